The molecular formula is C14H21ClN2O3S. The molecule has 5 nitrogen and oxygen atoms in total. The van der Waals surface area contributed by atoms with Crippen molar-refractivity contribution in [1.82, 2.24) is 9.62 Å². The van der Waals surface area contributed by atoms with E-state index in [2.05, 4.69) is 5.32 Å². The fraction of sp³-hybridized carbons (Fsp3) is 0.571. The monoisotopic (exact) mass is 332 g/mol. The average Bonchev–Trinajstić information content (AvgIpc) is 2.94. The van der Waals surface area contributed by atoms with E-state index >= 15 is 0 Å². The van der Waals surface area contributed by atoms with Crippen LogP contribution in [0.2, 0.25) is 0 Å². The maximum absolute atomic E-state index is 12.7. The molecule has 1 N–H and O–H groups in total. The highest BCUT2D eigenvalue weighted by Gasteiger charge is 2.30. The molecule has 2 aliphatic heterocycles. The zero-order valence-electron chi connectivity index (χ0n) is 12.0. The number of rotatable bonds is 3. The van der Waals surface area contributed by atoms with Gasteiger partial charge in [-0.05, 0) is 43.1 Å². The first-order valence-electron chi connectivity index (χ1n) is 6.98. The third-order valence-electron chi connectivity index (χ3n) is 4.12. The lowest BCUT2D eigenvalue weighted by Gasteiger charge is -2.31. The lowest BCUT2D eigenvalue weighted by molar-refractivity contribution is 0.134. The lowest BCUT2D eigenvalue weighted by Crippen LogP contribution is -2.46. The van der Waals surface area contributed by atoms with E-state index in [-0.39, 0.29) is 18.4 Å². The van der Waals surface area contributed by atoms with Gasteiger partial charge in [-0.2, -0.15) is 4.31 Å². The van der Waals surface area contributed by atoms with Gasteiger partial charge in [0.15, 0.2) is 0 Å². The summed E-state index contributed by atoms with van der Waals surface area (Å²) in [6.07, 6.45) is 1.93. The maximum Gasteiger partial charge on any atom is 0.243 e. The Morgan fingerprint density at radius 1 is 1.29 bits per heavy atom. The van der Waals surface area contributed by atoms with Crippen LogP contribution in [-0.4, -0.2) is 38.9 Å². The first-order valence-corrected chi connectivity index (χ1v) is 8.42. The Labute approximate surface area is 132 Å². The standard InChI is InChI=1S/C14H20N2O3S.ClH/c1-15-13-3-2-6-16(8-13)20(17,18)14-5-4-11-9-19-10-12(11)7-14;/h4-5,7,13,15H,2-3,6,8-10H2,1H3;1H. The van der Waals surface area contributed by atoms with E-state index in [4.69, 9.17) is 4.74 Å². The van der Waals surface area contributed by atoms with Crippen molar-refractivity contribution in [3.8, 4) is 0 Å². The Morgan fingerprint density at radius 3 is 2.81 bits per heavy atom. The summed E-state index contributed by atoms with van der Waals surface area (Å²) in [5, 5.41) is 3.17. The van der Waals surface area contributed by atoms with Crippen LogP contribution in [0.25, 0.3) is 0 Å². The minimum atomic E-state index is -3.39. The second-order valence-corrected chi connectivity index (χ2v) is 7.35. The van der Waals surface area contributed by atoms with E-state index in [0.717, 1.165) is 24.0 Å². The molecular weight excluding hydrogens is 312 g/mol. The van der Waals surface area contributed by atoms with Crippen LogP contribution in [0.4, 0.5) is 0 Å². The molecule has 0 bridgehead atoms. The highest BCUT2D eigenvalue weighted by atomic mass is 35.5. The second kappa shape index (κ2) is 6.62. The average molecular weight is 333 g/mol. The first kappa shape index (κ1) is 16.7. The van der Waals surface area contributed by atoms with Crippen molar-refractivity contribution < 1.29 is 13.2 Å². The second-order valence-electron chi connectivity index (χ2n) is 5.41. The zero-order chi connectivity index (χ0) is 14.2. The number of halogens is 1. The van der Waals surface area contributed by atoms with Crippen LogP contribution in [0.1, 0.15) is 24.0 Å². The number of fused-ring (bicyclic) bond motifs is 1. The van der Waals surface area contributed by atoms with Gasteiger partial charge in [-0.25, -0.2) is 8.42 Å². The molecule has 3 rings (SSSR count). The van der Waals surface area contributed by atoms with Crippen molar-refractivity contribution in [2.45, 2.75) is 37.0 Å². The predicted molar refractivity (Wildman–Crippen MR) is 83.0 cm³/mol. The number of nitrogens with one attached hydrogen (secondary N) is 1. The zero-order valence-corrected chi connectivity index (χ0v) is 13.7. The third-order valence-corrected chi connectivity index (χ3v) is 5.98. The SMILES string of the molecule is CNC1CCCN(S(=O)(=O)c2ccc3c(c2)COC3)C1.Cl. The summed E-state index contributed by atoms with van der Waals surface area (Å²) >= 11 is 0. The fourth-order valence-corrected chi connectivity index (χ4v) is 4.43. The van der Waals surface area contributed by atoms with E-state index < -0.39 is 10.0 Å². The van der Waals surface area contributed by atoms with Gasteiger partial charge in [-0.3, -0.25) is 0 Å². The van der Waals surface area contributed by atoms with Gasteiger partial charge in [0.25, 0.3) is 0 Å². The molecule has 1 atom stereocenters. The summed E-state index contributed by atoms with van der Waals surface area (Å²) in [4.78, 5) is 0.388. The van der Waals surface area contributed by atoms with Crippen molar-refractivity contribution >= 4 is 22.4 Å². The molecule has 1 saturated heterocycles. The van der Waals surface area contributed by atoms with Crippen LogP contribution >= 0.6 is 12.4 Å². The largest absolute Gasteiger partial charge is 0.372 e. The highest BCUT2D eigenvalue weighted by molar-refractivity contribution is 7.89. The molecule has 1 aromatic carbocycles. The number of hydrogen-bond acceptors (Lipinski definition) is 4. The van der Waals surface area contributed by atoms with E-state index in [1.165, 1.54) is 0 Å². The number of benzene rings is 1. The van der Waals surface area contributed by atoms with Crippen molar-refractivity contribution in [3.63, 3.8) is 0 Å². The van der Waals surface area contributed by atoms with Gasteiger partial charge in [0.05, 0.1) is 18.1 Å². The minimum Gasteiger partial charge on any atom is -0.372 e. The molecule has 0 aliphatic carbocycles. The molecule has 0 saturated carbocycles. The van der Waals surface area contributed by atoms with E-state index in [1.54, 1.807) is 16.4 Å². The molecule has 0 aromatic heterocycles. The normalized spacial score (nSPS) is 22.6. The number of likely N-dealkylation sites (N-methyl/N-ethyl adjacent to an activating group) is 1. The molecule has 1 fully saturated rings. The summed E-state index contributed by atoms with van der Waals surface area (Å²) in [6, 6.07) is 5.58. The molecule has 0 radical (unpaired) electrons. The van der Waals surface area contributed by atoms with E-state index in [1.807, 2.05) is 13.1 Å². The van der Waals surface area contributed by atoms with Crippen LogP contribution in [-0.2, 0) is 28.0 Å². The molecule has 2 aliphatic rings. The smallest absolute Gasteiger partial charge is 0.243 e. The molecule has 0 amide bonds. The quantitative estimate of drug-likeness (QED) is 0.911. The first-order chi connectivity index (χ1) is 9.61. The van der Waals surface area contributed by atoms with Crippen LogP contribution in [0.5, 0.6) is 0 Å². The Bertz CT molecular complexity index is 606. The van der Waals surface area contributed by atoms with Crippen molar-refractivity contribution in [1.29, 1.82) is 0 Å². The number of ether oxygens (including phenoxy) is 1. The van der Waals surface area contributed by atoms with Gasteiger partial charge < -0.3 is 10.1 Å². The van der Waals surface area contributed by atoms with Crippen molar-refractivity contribution in [2.24, 2.45) is 0 Å². The number of piperidine rings is 1. The van der Waals surface area contributed by atoms with Gasteiger partial charge in [0, 0.05) is 19.1 Å². The maximum atomic E-state index is 12.7. The Kier molecular flexibility index (Phi) is 5.27. The minimum absolute atomic E-state index is 0. The lowest BCUT2D eigenvalue weighted by atomic mass is 10.1. The van der Waals surface area contributed by atoms with Crippen molar-refractivity contribution in [2.75, 3.05) is 20.1 Å². The summed E-state index contributed by atoms with van der Waals surface area (Å²) < 4.78 is 32.3. The molecule has 7 heteroatoms. The number of hydrogen-bond donors (Lipinski definition) is 1. The molecule has 0 spiro atoms. The molecule has 2 heterocycles. The topological polar surface area (TPSA) is 58.6 Å². The summed E-state index contributed by atoms with van der Waals surface area (Å²) in [5.74, 6) is 0. The Balaban J connectivity index is 0.00000161. The van der Waals surface area contributed by atoms with Gasteiger partial charge >= 0.3 is 0 Å². The van der Waals surface area contributed by atoms with Crippen LogP contribution < -0.4 is 5.32 Å². The number of nitrogens with zero attached hydrogens (tertiary/aromatic N) is 1. The van der Waals surface area contributed by atoms with E-state index in [0.29, 0.717) is 31.2 Å². The van der Waals surface area contributed by atoms with Crippen LogP contribution in [0.3, 0.4) is 0 Å². The third kappa shape index (κ3) is 3.24. The summed E-state index contributed by atoms with van der Waals surface area (Å²) in [6.45, 7) is 2.25. The van der Waals surface area contributed by atoms with Crippen LogP contribution in [0.15, 0.2) is 23.1 Å². The van der Waals surface area contributed by atoms with Crippen LogP contribution in [0, 0.1) is 0 Å². The van der Waals surface area contributed by atoms with E-state index in [9.17, 15) is 8.42 Å². The Morgan fingerprint density at radius 2 is 2.05 bits per heavy atom. The van der Waals surface area contributed by atoms with Gasteiger partial charge in [-0.1, -0.05) is 6.07 Å². The highest BCUT2D eigenvalue weighted by Crippen LogP contribution is 2.26. The Hall–Kier alpha value is -0.660. The summed E-state index contributed by atoms with van der Waals surface area (Å²) in [7, 11) is -1.51. The molecule has 1 aromatic rings. The fourth-order valence-electron chi connectivity index (χ4n) is 2.85. The van der Waals surface area contributed by atoms with Gasteiger partial charge in [0.2, 0.25) is 10.0 Å². The van der Waals surface area contributed by atoms with Gasteiger partial charge in [-0.15, -0.1) is 12.4 Å². The predicted octanol–water partition coefficient (Wildman–Crippen LogP) is 1.51. The van der Waals surface area contributed by atoms with Crippen molar-refractivity contribution in [3.05, 3.63) is 29.3 Å². The summed E-state index contributed by atoms with van der Waals surface area (Å²) in [5.41, 5.74) is 2.09. The number of sulfonamides is 1. The molecule has 21 heavy (non-hydrogen) atoms. The van der Waals surface area contributed by atoms with Gasteiger partial charge in [0.1, 0.15) is 0 Å². The molecule has 1 unspecified atom stereocenters. The molecule has 118 valence electrons.